The van der Waals surface area contributed by atoms with Crippen LogP contribution in [0.4, 0.5) is 0 Å². The first-order chi connectivity index (χ1) is 10.6. The molecule has 0 fully saturated rings. The summed E-state index contributed by atoms with van der Waals surface area (Å²) in [6, 6.07) is 7.95. The van der Waals surface area contributed by atoms with Gasteiger partial charge in [0.15, 0.2) is 0 Å². The summed E-state index contributed by atoms with van der Waals surface area (Å²) in [5, 5.41) is 18.0. The van der Waals surface area contributed by atoms with Crippen LogP contribution in [0.5, 0.6) is 5.75 Å². The van der Waals surface area contributed by atoms with Crippen molar-refractivity contribution < 1.29 is 14.9 Å². The molecule has 1 rings (SSSR count). The molecular weight excluding hydrogens is 280 g/mol. The zero-order valence-corrected chi connectivity index (χ0v) is 13.4. The molecule has 0 bridgehead atoms. The lowest BCUT2D eigenvalue weighted by Gasteiger charge is -2.19. The molecule has 0 saturated carbocycles. The molecule has 0 aliphatic heterocycles. The van der Waals surface area contributed by atoms with Crippen LogP contribution >= 0.6 is 0 Å². The van der Waals surface area contributed by atoms with Crippen LogP contribution in [0.3, 0.4) is 0 Å². The van der Waals surface area contributed by atoms with E-state index in [1.807, 2.05) is 24.3 Å². The fourth-order valence-electron chi connectivity index (χ4n) is 2.30. The van der Waals surface area contributed by atoms with E-state index in [0.717, 1.165) is 32.1 Å². The van der Waals surface area contributed by atoms with Crippen LogP contribution in [-0.2, 0) is 6.42 Å². The van der Waals surface area contributed by atoms with E-state index >= 15 is 0 Å². The van der Waals surface area contributed by atoms with Crippen LogP contribution < -0.4 is 16.2 Å². The molecule has 0 aliphatic rings. The van der Waals surface area contributed by atoms with Crippen LogP contribution in [0.25, 0.3) is 0 Å². The predicted molar refractivity (Wildman–Crippen MR) is 88.8 cm³/mol. The molecule has 0 aromatic heterocycles. The molecule has 3 atom stereocenters. The first-order valence-electron chi connectivity index (χ1n) is 8.08. The highest BCUT2D eigenvalue weighted by atomic mass is 16.5. The van der Waals surface area contributed by atoms with Crippen LogP contribution in [0, 0.1) is 0 Å². The standard InChI is InChI=1S/C17H30N2O3/c1-2-4-16(18)17(19)6-3-5-13-7-9-15(10-8-13)22-12-14(21)11-20/h7-10,14,16-17,20-21H,2-6,11-12,18-19H2,1H3/t14-,16?,17?/m0/s1. The number of aliphatic hydroxyl groups is 2. The molecule has 22 heavy (non-hydrogen) atoms. The fourth-order valence-corrected chi connectivity index (χ4v) is 2.30. The maximum atomic E-state index is 9.23. The number of benzene rings is 1. The van der Waals surface area contributed by atoms with Gasteiger partial charge in [-0.05, 0) is 43.4 Å². The lowest BCUT2D eigenvalue weighted by Crippen LogP contribution is -2.41. The predicted octanol–water partition coefficient (Wildman–Crippen LogP) is 1.20. The molecule has 1 aromatic carbocycles. The summed E-state index contributed by atoms with van der Waals surface area (Å²) in [5.74, 6) is 0.693. The maximum Gasteiger partial charge on any atom is 0.119 e. The van der Waals surface area contributed by atoms with E-state index in [0.29, 0.717) is 5.75 Å². The van der Waals surface area contributed by atoms with Crippen molar-refractivity contribution in [2.24, 2.45) is 11.5 Å². The summed E-state index contributed by atoms with van der Waals surface area (Å²) in [6.45, 7) is 1.92. The van der Waals surface area contributed by atoms with E-state index in [9.17, 15) is 5.11 Å². The third kappa shape index (κ3) is 7.22. The molecule has 0 amide bonds. The van der Waals surface area contributed by atoms with Gasteiger partial charge in [0.1, 0.15) is 18.5 Å². The Morgan fingerprint density at radius 2 is 1.73 bits per heavy atom. The number of rotatable bonds is 11. The zero-order chi connectivity index (χ0) is 16.4. The van der Waals surface area contributed by atoms with Crippen molar-refractivity contribution in [1.29, 1.82) is 0 Å². The summed E-state index contributed by atoms with van der Waals surface area (Å²) in [7, 11) is 0. The molecule has 0 saturated heterocycles. The minimum absolute atomic E-state index is 0.0718. The van der Waals surface area contributed by atoms with Gasteiger partial charge >= 0.3 is 0 Å². The maximum absolute atomic E-state index is 9.23. The van der Waals surface area contributed by atoms with Gasteiger partial charge in [-0.3, -0.25) is 0 Å². The third-order valence-corrected chi connectivity index (χ3v) is 3.75. The Kier molecular flexibility index (Phi) is 9.08. The number of hydrogen-bond donors (Lipinski definition) is 4. The molecule has 0 aliphatic carbocycles. The van der Waals surface area contributed by atoms with Gasteiger partial charge in [0.2, 0.25) is 0 Å². The highest BCUT2D eigenvalue weighted by molar-refractivity contribution is 5.27. The minimum atomic E-state index is -0.839. The topological polar surface area (TPSA) is 102 Å². The molecule has 0 heterocycles. The normalized spacial score (nSPS) is 15.3. The summed E-state index contributed by atoms with van der Waals surface area (Å²) in [6.07, 6.45) is 4.12. The van der Waals surface area contributed by atoms with Gasteiger partial charge in [-0.15, -0.1) is 0 Å². The van der Waals surface area contributed by atoms with Gasteiger partial charge in [0, 0.05) is 12.1 Å². The number of hydrogen-bond acceptors (Lipinski definition) is 5. The second-order valence-corrected chi connectivity index (χ2v) is 5.80. The van der Waals surface area contributed by atoms with Gasteiger partial charge in [-0.1, -0.05) is 25.5 Å². The van der Waals surface area contributed by atoms with Gasteiger partial charge in [-0.25, -0.2) is 0 Å². The van der Waals surface area contributed by atoms with Crippen molar-refractivity contribution in [3.8, 4) is 5.75 Å². The quantitative estimate of drug-likeness (QED) is 0.492. The van der Waals surface area contributed by atoms with Crippen molar-refractivity contribution in [1.82, 2.24) is 0 Å². The van der Waals surface area contributed by atoms with E-state index in [2.05, 4.69) is 6.92 Å². The number of aryl methyl sites for hydroxylation is 1. The first-order valence-corrected chi connectivity index (χ1v) is 8.08. The monoisotopic (exact) mass is 310 g/mol. The van der Waals surface area contributed by atoms with Gasteiger partial charge in [-0.2, -0.15) is 0 Å². The van der Waals surface area contributed by atoms with E-state index < -0.39 is 6.10 Å². The van der Waals surface area contributed by atoms with E-state index in [4.69, 9.17) is 21.3 Å². The van der Waals surface area contributed by atoms with Crippen molar-refractivity contribution in [3.05, 3.63) is 29.8 Å². The van der Waals surface area contributed by atoms with Crippen LogP contribution in [0.2, 0.25) is 0 Å². The number of nitrogens with two attached hydrogens (primary N) is 2. The van der Waals surface area contributed by atoms with E-state index in [1.54, 1.807) is 0 Å². The Balaban J connectivity index is 2.29. The lowest BCUT2D eigenvalue weighted by atomic mass is 9.98. The Labute approximate surface area is 133 Å². The molecule has 1 aromatic rings. The molecule has 5 heteroatoms. The SMILES string of the molecule is CCCC(N)C(N)CCCc1ccc(OC[C@@H](O)CO)cc1. The Hall–Kier alpha value is -1.14. The first kappa shape index (κ1) is 18.9. The van der Waals surface area contributed by atoms with Crippen molar-refractivity contribution >= 4 is 0 Å². The third-order valence-electron chi connectivity index (χ3n) is 3.75. The summed E-state index contributed by atoms with van der Waals surface area (Å²) in [5.41, 5.74) is 13.3. The van der Waals surface area contributed by atoms with E-state index in [1.165, 1.54) is 5.56 Å². The Morgan fingerprint density at radius 1 is 1.09 bits per heavy atom. The number of ether oxygens (including phenoxy) is 1. The van der Waals surface area contributed by atoms with Gasteiger partial charge in [0.25, 0.3) is 0 Å². The largest absolute Gasteiger partial charge is 0.491 e. The summed E-state index contributed by atoms with van der Waals surface area (Å²) >= 11 is 0. The molecule has 0 spiro atoms. The zero-order valence-electron chi connectivity index (χ0n) is 13.4. The highest BCUT2D eigenvalue weighted by Crippen LogP contribution is 2.15. The van der Waals surface area contributed by atoms with Crippen molar-refractivity contribution in [2.75, 3.05) is 13.2 Å². The van der Waals surface area contributed by atoms with Crippen molar-refractivity contribution in [2.45, 2.75) is 57.2 Å². The Bertz CT molecular complexity index is 397. The van der Waals surface area contributed by atoms with Crippen LogP contribution in [0.15, 0.2) is 24.3 Å². The molecule has 5 nitrogen and oxygen atoms in total. The molecular formula is C17H30N2O3. The smallest absolute Gasteiger partial charge is 0.119 e. The Morgan fingerprint density at radius 3 is 2.32 bits per heavy atom. The van der Waals surface area contributed by atoms with Crippen molar-refractivity contribution in [3.63, 3.8) is 0 Å². The molecule has 126 valence electrons. The van der Waals surface area contributed by atoms with Crippen LogP contribution in [0.1, 0.15) is 38.2 Å². The van der Waals surface area contributed by atoms with Gasteiger partial charge in [0.05, 0.1) is 6.61 Å². The van der Waals surface area contributed by atoms with E-state index in [-0.39, 0.29) is 25.3 Å². The average Bonchev–Trinajstić information content (AvgIpc) is 2.53. The van der Waals surface area contributed by atoms with Crippen LogP contribution in [-0.4, -0.2) is 41.6 Å². The highest BCUT2D eigenvalue weighted by Gasteiger charge is 2.11. The summed E-state index contributed by atoms with van der Waals surface area (Å²) < 4.78 is 5.37. The number of aliphatic hydroxyl groups excluding tert-OH is 2. The molecule has 6 N–H and O–H groups in total. The minimum Gasteiger partial charge on any atom is -0.491 e. The second-order valence-electron chi connectivity index (χ2n) is 5.80. The fraction of sp³-hybridized carbons (Fsp3) is 0.647. The average molecular weight is 310 g/mol. The lowest BCUT2D eigenvalue weighted by molar-refractivity contribution is 0.0536. The summed E-state index contributed by atoms with van der Waals surface area (Å²) in [4.78, 5) is 0. The second kappa shape index (κ2) is 10.6. The van der Waals surface area contributed by atoms with Gasteiger partial charge < -0.3 is 26.4 Å². The molecule has 2 unspecified atom stereocenters. The molecule has 0 radical (unpaired) electrons.